The fraction of sp³-hybridized carbons (Fsp3) is 0. The van der Waals surface area contributed by atoms with Crippen LogP contribution in [0.4, 0.5) is 11.4 Å². The zero-order chi connectivity index (χ0) is 15.5. The summed E-state index contributed by atoms with van der Waals surface area (Å²) in [6.07, 6.45) is 0.839. The number of carbonyl (C=O) groups is 1. The van der Waals surface area contributed by atoms with E-state index in [0.717, 1.165) is 28.5 Å². The van der Waals surface area contributed by atoms with E-state index >= 15 is 0 Å². The third-order valence-electron chi connectivity index (χ3n) is 3.71. The number of hydrogen-bond acceptors (Lipinski definition) is 3. The maximum Gasteiger partial charge on any atom is 0.150 e. The lowest BCUT2D eigenvalue weighted by Gasteiger charge is -2.13. The number of nitrogens with two attached hydrogens (primary N) is 2. The Morgan fingerprint density at radius 2 is 1.32 bits per heavy atom. The lowest BCUT2D eigenvalue weighted by Crippen LogP contribution is -1.97. The predicted octanol–water partition coefficient (Wildman–Crippen LogP) is 4.00. The van der Waals surface area contributed by atoms with Gasteiger partial charge in [-0.2, -0.15) is 0 Å². The van der Waals surface area contributed by atoms with Crippen LogP contribution in [0, 0.1) is 0 Å². The van der Waals surface area contributed by atoms with Crippen LogP contribution in [-0.4, -0.2) is 6.29 Å². The van der Waals surface area contributed by atoms with Crippen LogP contribution >= 0.6 is 0 Å². The van der Waals surface area contributed by atoms with E-state index in [1.807, 2.05) is 60.7 Å². The van der Waals surface area contributed by atoms with Crippen molar-refractivity contribution in [3.8, 4) is 22.3 Å². The second-order valence-corrected chi connectivity index (χ2v) is 5.09. The number of aldehydes is 1. The van der Waals surface area contributed by atoms with Crippen molar-refractivity contribution in [3.63, 3.8) is 0 Å². The summed E-state index contributed by atoms with van der Waals surface area (Å²) in [4.78, 5) is 10.8. The molecule has 3 heteroatoms. The molecule has 0 unspecified atom stereocenters. The average molecular weight is 288 g/mol. The van der Waals surface area contributed by atoms with Crippen molar-refractivity contribution in [2.75, 3.05) is 11.5 Å². The van der Waals surface area contributed by atoms with Gasteiger partial charge in [-0.3, -0.25) is 4.79 Å². The molecule has 0 saturated carbocycles. The molecular formula is C19H16N2O. The highest BCUT2D eigenvalue weighted by atomic mass is 16.1. The van der Waals surface area contributed by atoms with E-state index in [4.69, 9.17) is 11.5 Å². The fourth-order valence-corrected chi connectivity index (χ4v) is 2.53. The first kappa shape index (κ1) is 13.9. The predicted molar refractivity (Wildman–Crippen MR) is 91.5 cm³/mol. The van der Waals surface area contributed by atoms with E-state index in [0.29, 0.717) is 16.9 Å². The van der Waals surface area contributed by atoms with Gasteiger partial charge in [0.15, 0.2) is 0 Å². The molecule has 3 aromatic rings. The Morgan fingerprint density at radius 3 is 2.00 bits per heavy atom. The lowest BCUT2D eigenvalue weighted by atomic mass is 9.93. The van der Waals surface area contributed by atoms with Gasteiger partial charge in [0.25, 0.3) is 0 Å². The maximum atomic E-state index is 10.8. The first-order valence-electron chi connectivity index (χ1n) is 6.99. The molecule has 0 aliphatic heterocycles. The molecule has 0 bridgehead atoms. The average Bonchev–Trinajstić information content (AvgIpc) is 2.57. The molecule has 22 heavy (non-hydrogen) atoms. The molecule has 0 fully saturated rings. The van der Waals surface area contributed by atoms with E-state index in [9.17, 15) is 4.79 Å². The minimum atomic E-state index is 0.573. The van der Waals surface area contributed by atoms with Crippen molar-refractivity contribution >= 4 is 17.7 Å². The monoisotopic (exact) mass is 288 g/mol. The fourth-order valence-electron chi connectivity index (χ4n) is 2.53. The number of carbonyl (C=O) groups excluding carboxylic acids is 1. The van der Waals surface area contributed by atoms with Gasteiger partial charge in [-0.1, -0.05) is 60.7 Å². The largest absolute Gasteiger partial charge is 0.397 e. The summed E-state index contributed by atoms with van der Waals surface area (Å²) in [5.41, 5.74) is 17.9. The van der Waals surface area contributed by atoms with Crippen LogP contribution in [0.1, 0.15) is 10.4 Å². The van der Waals surface area contributed by atoms with Gasteiger partial charge in [0, 0.05) is 11.1 Å². The molecule has 0 aromatic heterocycles. The van der Waals surface area contributed by atoms with Crippen molar-refractivity contribution in [1.29, 1.82) is 0 Å². The summed E-state index contributed by atoms with van der Waals surface area (Å²) in [6, 6.07) is 21.1. The summed E-state index contributed by atoms with van der Waals surface area (Å²) in [5, 5.41) is 0. The maximum absolute atomic E-state index is 10.8. The van der Waals surface area contributed by atoms with Crippen LogP contribution in [0.5, 0.6) is 0 Å². The molecular weight excluding hydrogens is 272 g/mol. The summed E-state index contributed by atoms with van der Waals surface area (Å²) in [7, 11) is 0. The Bertz CT molecular complexity index is 823. The minimum Gasteiger partial charge on any atom is -0.397 e. The Hall–Kier alpha value is -3.07. The van der Waals surface area contributed by atoms with E-state index in [-0.39, 0.29) is 0 Å². The van der Waals surface area contributed by atoms with Gasteiger partial charge < -0.3 is 11.5 Å². The van der Waals surface area contributed by atoms with Crippen LogP contribution in [0.25, 0.3) is 22.3 Å². The first-order chi connectivity index (χ1) is 10.7. The number of nitrogen functional groups attached to an aromatic ring is 2. The highest BCUT2D eigenvalue weighted by molar-refractivity contribution is 5.92. The second-order valence-electron chi connectivity index (χ2n) is 5.09. The highest BCUT2D eigenvalue weighted by Crippen LogP contribution is 2.36. The number of para-hydroxylation sites is 1. The molecule has 3 aromatic carbocycles. The Balaban J connectivity index is 2.17. The van der Waals surface area contributed by atoms with Gasteiger partial charge in [-0.25, -0.2) is 0 Å². The van der Waals surface area contributed by atoms with Crippen LogP contribution < -0.4 is 11.5 Å². The van der Waals surface area contributed by atoms with Crippen LogP contribution in [0.3, 0.4) is 0 Å². The minimum absolute atomic E-state index is 0.573. The molecule has 0 spiro atoms. The van der Waals surface area contributed by atoms with Gasteiger partial charge in [0.1, 0.15) is 6.29 Å². The molecule has 0 amide bonds. The summed E-state index contributed by atoms with van der Waals surface area (Å²) in [5.74, 6) is 0. The molecule has 3 nitrogen and oxygen atoms in total. The quantitative estimate of drug-likeness (QED) is 0.565. The number of hydrogen-bond donors (Lipinski definition) is 2. The van der Waals surface area contributed by atoms with Crippen molar-refractivity contribution in [1.82, 2.24) is 0 Å². The highest BCUT2D eigenvalue weighted by Gasteiger charge is 2.10. The molecule has 0 radical (unpaired) electrons. The molecule has 4 N–H and O–H groups in total. The molecule has 0 aliphatic rings. The van der Waals surface area contributed by atoms with Crippen molar-refractivity contribution < 1.29 is 4.79 Å². The Morgan fingerprint density at radius 1 is 0.682 bits per heavy atom. The van der Waals surface area contributed by atoms with Crippen molar-refractivity contribution in [3.05, 3.63) is 72.3 Å². The molecule has 0 saturated heterocycles. The molecule has 3 rings (SSSR count). The topological polar surface area (TPSA) is 69.1 Å². The lowest BCUT2D eigenvalue weighted by molar-refractivity contribution is 0.112. The third kappa shape index (κ3) is 2.44. The molecule has 0 atom stereocenters. The van der Waals surface area contributed by atoms with Gasteiger partial charge >= 0.3 is 0 Å². The Labute approximate surface area is 129 Å². The van der Waals surface area contributed by atoms with E-state index in [1.54, 1.807) is 6.07 Å². The normalized spacial score (nSPS) is 10.4. The first-order valence-corrected chi connectivity index (χ1v) is 6.99. The second kappa shape index (κ2) is 5.74. The Kier molecular flexibility index (Phi) is 3.62. The van der Waals surface area contributed by atoms with Crippen LogP contribution in [-0.2, 0) is 0 Å². The standard InChI is InChI=1S/C19H16N2O/c20-18-7-3-6-17(19(18)21)16-5-2-1-4-15(16)14-10-8-13(12-22)9-11-14/h1-12H,20-21H2. The molecule has 0 heterocycles. The van der Waals surface area contributed by atoms with Gasteiger partial charge in [-0.15, -0.1) is 0 Å². The summed E-state index contributed by atoms with van der Waals surface area (Å²) < 4.78 is 0. The SMILES string of the molecule is Nc1cccc(-c2ccccc2-c2ccc(C=O)cc2)c1N. The van der Waals surface area contributed by atoms with Gasteiger partial charge in [0.2, 0.25) is 0 Å². The molecule has 108 valence electrons. The summed E-state index contributed by atoms with van der Waals surface area (Å²) in [6.45, 7) is 0. The van der Waals surface area contributed by atoms with Crippen LogP contribution in [0.15, 0.2) is 66.7 Å². The summed E-state index contributed by atoms with van der Waals surface area (Å²) >= 11 is 0. The smallest absolute Gasteiger partial charge is 0.150 e. The van der Waals surface area contributed by atoms with E-state index in [1.165, 1.54) is 0 Å². The van der Waals surface area contributed by atoms with E-state index < -0.39 is 0 Å². The van der Waals surface area contributed by atoms with Crippen molar-refractivity contribution in [2.45, 2.75) is 0 Å². The van der Waals surface area contributed by atoms with Crippen LogP contribution in [0.2, 0.25) is 0 Å². The number of rotatable bonds is 3. The third-order valence-corrected chi connectivity index (χ3v) is 3.71. The number of benzene rings is 3. The van der Waals surface area contributed by atoms with Crippen molar-refractivity contribution in [2.24, 2.45) is 0 Å². The number of anilines is 2. The zero-order valence-electron chi connectivity index (χ0n) is 12.0. The van der Waals surface area contributed by atoms with Gasteiger partial charge in [0.05, 0.1) is 11.4 Å². The van der Waals surface area contributed by atoms with E-state index in [2.05, 4.69) is 0 Å². The molecule has 0 aliphatic carbocycles. The van der Waals surface area contributed by atoms with Gasteiger partial charge in [-0.05, 0) is 22.8 Å². The zero-order valence-corrected chi connectivity index (χ0v) is 12.0.